The number of rotatable bonds is 7. The van der Waals surface area contributed by atoms with Gasteiger partial charge in [0.25, 0.3) is 0 Å². The van der Waals surface area contributed by atoms with Crippen LogP contribution < -0.4 is 10.1 Å². The quantitative estimate of drug-likeness (QED) is 0.625. The molecule has 0 spiro atoms. The molecule has 1 heterocycles. The van der Waals surface area contributed by atoms with Gasteiger partial charge in [0.05, 0.1) is 17.0 Å². The number of aliphatic hydroxyl groups is 1. The van der Waals surface area contributed by atoms with Crippen molar-refractivity contribution < 1.29 is 19.4 Å². The molecule has 148 valence electrons. The number of nitrogens with one attached hydrogen (secondary N) is 1. The maximum absolute atomic E-state index is 12.0. The van der Waals surface area contributed by atoms with Gasteiger partial charge in [-0.3, -0.25) is 0 Å². The van der Waals surface area contributed by atoms with Crippen LogP contribution in [0.3, 0.4) is 0 Å². The lowest BCUT2D eigenvalue weighted by atomic mass is 10.1. The summed E-state index contributed by atoms with van der Waals surface area (Å²) in [6, 6.07) is 6.72. The number of methoxy groups -OCH3 is 1. The van der Waals surface area contributed by atoms with Crippen molar-refractivity contribution in [3.05, 3.63) is 38.5 Å². The summed E-state index contributed by atoms with van der Waals surface area (Å²) in [7, 11) is 1.31. The molecule has 0 bridgehead atoms. The lowest BCUT2D eigenvalue weighted by Crippen LogP contribution is -2.42. The van der Waals surface area contributed by atoms with E-state index >= 15 is 0 Å². The molecule has 2 rings (SSSR count). The standard InChI is InChI=1S/C19H23Cl2NO4S/c1-19(2,3)22-9-13(23)10-26-14-6-11(5-12(7-14)18(24)25-4)15-8-16(20)27-17(15)21/h5-8,13,22-23H,9-10H2,1-4H3. The Morgan fingerprint density at radius 3 is 2.52 bits per heavy atom. The van der Waals surface area contributed by atoms with Crippen molar-refractivity contribution in [1.82, 2.24) is 5.32 Å². The van der Waals surface area contributed by atoms with E-state index in [-0.39, 0.29) is 12.1 Å². The zero-order chi connectivity index (χ0) is 20.2. The fourth-order valence-corrected chi connectivity index (χ4v) is 3.79. The molecule has 1 unspecified atom stereocenters. The Kier molecular flexibility index (Phi) is 7.54. The van der Waals surface area contributed by atoms with Crippen molar-refractivity contribution >= 4 is 40.5 Å². The molecular weight excluding hydrogens is 409 g/mol. The van der Waals surface area contributed by atoms with E-state index in [0.717, 1.165) is 0 Å². The average Bonchev–Trinajstić information content (AvgIpc) is 2.94. The molecule has 0 amide bonds. The first-order valence-electron chi connectivity index (χ1n) is 8.33. The third-order valence-corrected chi connectivity index (χ3v) is 5.09. The number of β-amino-alcohol motifs (C(OH)–C–C–N with tert-alkyl or cyclic N) is 1. The highest BCUT2D eigenvalue weighted by Gasteiger charge is 2.16. The Balaban J connectivity index is 2.21. The summed E-state index contributed by atoms with van der Waals surface area (Å²) < 4.78 is 11.6. The van der Waals surface area contributed by atoms with Gasteiger partial charge in [0.15, 0.2) is 0 Å². The highest BCUT2D eigenvalue weighted by molar-refractivity contribution is 7.20. The van der Waals surface area contributed by atoms with E-state index in [0.29, 0.717) is 37.7 Å². The molecule has 27 heavy (non-hydrogen) atoms. The van der Waals surface area contributed by atoms with Crippen molar-refractivity contribution in [2.45, 2.75) is 32.4 Å². The highest BCUT2D eigenvalue weighted by Crippen LogP contribution is 2.39. The third-order valence-electron chi connectivity index (χ3n) is 3.61. The number of halogens is 2. The first-order chi connectivity index (χ1) is 12.6. The van der Waals surface area contributed by atoms with E-state index < -0.39 is 12.1 Å². The van der Waals surface area contributed by atoms with Crippen LogP contribution in [0.2, 0.25) is 8.67 Å². The molecule has 0 aliphatic rings. The minimum Gasteiger partial charge on any atom is -0.491 e. The average molecular weight is 432 g/mol. The number of hydrogen-bond donors (Lipinski definition) is 2. The van der Waals surface area contributed by atoms with Crippen molar-refractivity contribution in [2.24, 2.45) is 0 Å². The summed E-state index contributed by atoms with van der Waals surface area (Å²) in [4.78, 5) is 12.0. The van der Waals surface area contributed by atoms with Gasteiger partial charge in [0.1, 0.15) is 22.8 Å². The molecule has 0 saturated carbocycles. The maximum atomic E-state index is 12.0. The topological polar surface area (TPSA) is 67.8 Å². The Morgan fingerprint density at radius 1 is 1.26 bits per heavy atom. The Bertz CT molecular complexity index is 801. The van der Waals surface area contributed by atoms with Crippen molar-refractivity contribution in [3.8, 4) is 16.9 Å². The highest BCUT2D eigenvalue weighted by atomic mass is 35.5. The number of carbonyl (C=O) groups excluding carboxylic acids is 1. The number of ether oxygens (including phenoxy) is 2. The third kappa shape index (κ3) is 6.66. The second-order valence-corrected chi connectivity index (χ2v) is 9.36. The molecule has 2 aromatic rings. The van der Waals surface area contributed by atoms with Crippen LogP contribution in [0, 0.1) is 0 Å². The van der Waals surface area contributed by atoms with Crippen LogP contribution in [0.5, 0.6) is 5.75 Å². The van der Waals surface area contributed by atoms with E-state index in [2.05, 4.69) is 5.32 Å². The van der Waals surface area contributed by atoms with E-state index in [1.165, 1.54) is 18.4 Å². The second kappa shape index (κ2) is 9.26. The number of hydrogen-bond acceptors (Lipinski definition) is 6. The van der Waals surface area contributed by atoms with E-state index in [4.69, 9.17) is 32.7 Å². The lowest BCUT2D eigenvalue weighted by Gasteiger charge is -2.23. The predicted octanol–water partition coefficient (Wildman–Crippen LogP) is 4.64. The molecule has 0 saturated heterocycles. The van der Waals surface area contributed by atoms with E-state index in [1.807, 2.05) is 20.8 Å². The van der Waals surface area contributed by atoms with Gasteiger partial charge in [-0.05, 0) is 50.6 Å². The van der Waals surface area contributed by atoms with Gasteiger partial charge in [0.2, 0.25) is 0 Å². The minimum atomic E-state index is -0.700. The number of carbonyl (C=O) groups is 1. The molecule has 0 aliphatic heterocycles. The molecular formula is C19H23Cl2NO4S. The van der Waals surface area contributed by atoms with Crippen LogP contribution >= 0.6 is 34.5 Å². The Labute approximate surface area is 173 Å². The first-order valence-corrected chi connectivity index (χ1v) is 9.91. The Hall–Kier alpha value is -1.31. The largest absolute Gasteiger partial charge is 0.491 e. The van der Waals surface area contributed by atoms with Gasteiger partial charge in [-0.15, -0.1) is 11.3 Å². The summed E-state index contributed by atoms with van der Waals surface area (Å²) in [5.41, 5.74) is 1.61. The van der Waals surface area contributed by atoms with Gasteiger partial charge >= 0.3 is 5.97 Å². The normalized spacial score (nSPS) is 12.7. The molecule has 8 heteroatoms. The Morgan fingerprint density at radius 2 is 1.96 bits per heavy atom. The second-order valence-electron chi connectivity index (χ2n) is 7.07. The first kappa shape index (κ1) is 22.0. The molecule has 0 radical (unpaired) electrons. The van der Waals surface area contributed by atoms with Crippen LogP contribution in [0.15, 0.2) is 24.3 Å². The maximum Gasteiger partial charge on any atom is 0.338 e. The summed E-state index contributed by atoms with van der Waals surface area (Å²) in [5.74, 6) is -0.0600. The van der Waals surface area contributed by atoms with Gasteiger partial charge in [-0.25, -0.2) is 4.79 Å². The summed E-state index contributed by atoms with van der Waals surface area (Å²) in [5, 5.41) is 13.3. The van der Waals surface area contributed by atoms with Gasteiger partial charge < -0.3 is 19.9 Å². The summed E-state index contributed by atoms with van der Waals surface area (Å²) >= 11 is 13.5. The van der Waals surface area contributed by atoms with Crippen LogP contribution in [-0.4, -0.2) is 43.0 Å². The zero-order valence-corrected chi connectivity index (χ0v) is 18.0. The van der Waals surface area contributed by atoms with Crippen LogP contribution in [0.4, 0.5) is 0 Å². The van der Waals surface area contributed by atoms with Crippen LogP contribution in [0.25, 0.3) is 11.1 Å². The number of benzene rings is 1. The lowest BCUT2D eigenvalue weighted by molar-refractivity contribution is 0.0600. The van der Waals surface area contributed by atoms with Crippen molar-refractivity contribution in [3.63, 3.8) is 0 Å². The monoisotopic (exact) mass is 431 g/mol. The molecule has 1 atom stereocenters. The van der Waals surface area contributed by atoms with Gasteiger partial charge in [0, 0.05) is 17.6 Å². The molecule has 1 aromatic carbocycles. The molecule has 2 N–H and O–H groups in total. The van der Waals surface area contributed by atoms with Crippen LogP contribution in [0.1, 0.15) is 31.1 Å². The van der Waals surface area contributed by atoms with E-state index in [9.17, 15) is 9.90 Å². The van der Waals surface area contributed by atoms with Crippen molar-refractivity contribution in [2.75, 3.05) is 20.3 Å². The molecule has 5 nitrogen and oxygen atoms in total. The fourth-order valence-electron chi connectivity index (χ4n) is 2.29. The minimum absolute atomic E-state index is 0.0747. The predicted molar refractivity (Wildman–Crippen MR) is 110 cm³/mol. The smallest absolute Gasteiger partial charge is 0.338 e. The summed E-state index contributed by atoms with van der Waals surface area (Å²) in [6.07, 6.45) is -0.700. The fraction of sp³-hybridized carbons (Fsp3) is 0.421. The zero-order valence-electron chi connectivity index (χ0n) is 15.6. The molecule has 0 aliphatic carbocycles. The SMILES string of the molecule is COC(=O)c1cc(OCC(O)CNC(C)(C)C)cc(-c2cc(Cl)sc2Cl)c1. The van der Waals surface area contributed by atoms with Gasteiger partial charge in [-0.1, -0.05) is 23.2 Å². The number of esters is 1. The van der Waals surface area contributed by atoms with Crippen LogP contribution in [-0.2, 0) is 4.74 Å². The number of thiophene rings is 1. The van der Waals surface area contributed by atoms with Crippen molar-refractivity contribution in [1.29, 1.82) is 0 Å². The van der Waals surface area contributed by atoms with Gasteiger partial charge in [-0.2, -0.15) is 0 Å². The molecule has 0 fully saturated rings. The van der Waals surface area contributed by atoms with E-state index in [1.54, 1.807) is 24.3 Å². The molecule has 1 aromatic heterocycles. The number of aliphatic hydroxyl groups excluding tert-OH is 1. The summed E-state index contributed by atoms with van der Waals surface area (Å²) in [6.45, 7) is 6.51.